The van der Waals surface area contributed by atoms with Gasteiger partial charge in [0, 0.05) is 12.1 Å². The Kier molecular flexibility index (Phi) is 4.40. The van der Waals surface area contributed by atoms with Crippen LogP contribution in [0.4, 0.5) is 4.39 Å². The zero-order valence-corrected chi connectivity index (χ0v) is 11.3. The van der Waals surface area contributed by atoms with Crippen molar-refractivity contribution in [3.63, 3.8) is 0 Å². The second-order valence-electron chi connectivity index (χ2n) is 4.26. The normalized spacial score (nSPS) is 12.2. The summed E-state index contributed by atoms with van der Waals surface area (Å²) in [7, 11) is 0. The molecule has 0 radical (unpaired) electrons. The second-order valence-corrected chi connectivity index (χ2v) is 4.67. The van der Waals surface area contributed by atoms with E-state index in [0.717, 1.165) is 12.0 Å². The highest BCUT2D eigenvalue weighted by molar-refractivity contribution is 6.30. The van der Waals surface area contributed by atoms with Crippen molar-refractivity contribution in [1.29, 1.82) is 0 Å². The van der Waals surface area contributed by atoms with Gasteiger partial charge in [0.1, 0.15) is 17.3 Å². The Bertz CT molecular complexity index is 557. The molecule has 0 aliphatic carbocycles. The number of hydrogen-bond acceptors (Lipinski definition) is 2. The average molecular weight is 280 g/mol. The molecule has 19 heavy (non-hydrogen) atoms. The molecule has 0 unspecified atom stereocenters. The predicted molar refractivity (Wildman–Crippen MR) is 75.1 cm³/mol. The molecular formula is C15H15ClFNO. The first-order chi connectivity index (χ1) is 9.10. The molecule has 0 amide bonds. The molecule has 0 fully saturated rings. The van der Waals surface area contributed by atoms with Gasteiger partial charge in [-0.15, -0.1) is 0 Å². The quantitative estimate of drug-likeness (QED) is 0.882. The second kappa shape index (κ2) is 6.04. The van der Waals surface area contributed by atoms with Crippen molar-refractivity contribution in [2.75, 3.05) is 0 Å². The van der Waals surface area contributed by atoms with Gasteiger partial charge in [-0.05, 0) is 36.2 Å². The van der Waals surface area contributed by atoms with Crippen molar-refractivity contribution < 1.29 is 9.13 Å². The minimum absolute atomic E-state index is 0.0297. The van der Waals surface area contributed by atoms with E-state index in [1.165, 1.54) is 12.1 Å². The monoisotopic (exact) mass is 279 g/mol. The molecule has 1 atom stereocenters. The van der Waals surface area contributed by atoms with Gasteiger partial charge in [-0.3, -0.25) is 0 Å². The van der Waals surface area contributed by atoms with Crippen molar-refractivity contribution in [1.82, 2.24) is 0 Å². The van der Waals surface area contributed by atoms with Crippen LogP contribution in [0.3, 0.4) is 0 Å². The Morgan fingerprint density at radius 3 is 2.37 bits per heavy atom. The summed E-state index contributed by atoms with van der Waals surface area (Å²) in [5.74, 6) is 0.548. The number of halogens is 2. The number of ether oxygens (including phenoxy) is 1. The third-order valence-electron chi connectivity index (χ3n) is 2.87. The van der Waals surface area contributed by atoms with Crippen LogP contribution >= 0.6 is 11.6 Å². The highest BCUT2D eigenvalue weighted by atomic mass is 35.5. The van der Waals surface area contributed by atoms with Crippen molar-refractivity contribution in [3.8, 4) is 11.5 Å². The smallest absolute Gasteiger partial charge is 0.145 e. The Morgan fingerprint density at radius 2 is 1.79 bits per heavy atom. The van der Waals surface area contributed by atoms with E-state index in [-0.39, 0.29) is 11.1 Å². The van der Waals surface area contributed by atoms with Gasteiger partial charge in [0.05, 0.1) is 5.02 Å². The van der Waals surface area contributed by atoms with Gasteiger partial charge in [-0.2, -0.15) is 0 Å². The van der Waals surface area contributed by atoms with Gasteiger partial charge in [0.2, 0.25) is 0 Å². The van der Waals surface area contributed by atoms with Crippen LogP contribution < -0.4 is 10.5 Å². The molecule has 2 N–H and O–H groups in total. The van der Waals surface area contributed by atoms with Gasteiger partial charge < -0.3 is 10.5 Å². The van der Waals surface area contributed by atoms with E-state index in [0.29, 0.717) is 11.5 Å². The van der Waals surface area contributed by atoms with Crippen LogP contribution in [0.15, 0.2) is 42.5 Å². The molecule has 2 aromatic carbocycles. The Hall–Kier alpha value is -1.58. The van der Waals surface area contributed by atoms with E-state index in [9.17, 15) is 4.39 Å². The molecule has 0 saturated heterocycles. The lowest BCUT2D eigenvalue weighted by atomic mass is 10.1. The molecule has 0 bridgehead atoms. The fourth-order valence-electron chi connectivity index (χ4n) is 1.70. The summed E-state index contributed by atoms with van der Waals surface area (Å²) in [6, 6.07) is 11.8. The summed E-state index contributed by atoms with van der Waals surface area (Å²) in [5.41, 5.74) is 6.98. The summed E-state index contributed by atoms with van der Waals surface area (Å²) < 4.78 is 18.8. The largest absolute Gasteiger partial charge is 0.457 e. The first-order valence-corrected chi connectivity index (χ1v) is 6.46. The molecule has 2 nitrogen and oxygen atoms in total. The standard InChI is InChI=1S/C15H15ClFNO/c1-2-15(18)10-3-5-11(6-4-10)19-12-7-8-13(16)14(17)9-12/h3-9,15H,2,18H2,1H3/t15-/m0/s1. The van der Waals surface area contributed by atoms with Crippen LogP contribution in [-0.4, -0.2) is 0 Å². The third kappa shape index (κ3) is 3.46. The fraction of sp³-hybridized carbons (Fsp3) is 0.200. The van der Waals surface area contributed by atoms with Crippen molar-refractivity contribution in [3.05, 3.63) is 58.9 Å². The highest BCUT2D eigenvalue weighted by Crippen LogP contribution is 2.26. The van der Waals surface area contributed by atoms with Crippen LogP contribution in [0.1, 0.15) is 24.9 Å². The van der Waals surface area contributed by atoms with Gasteiger partial charge in [0.15, 0.2) is 0 Å². The van der Waals surface area contributed by atoms with Crippen LogP contribution in [0.2, 0.25) is 5.02 Å². The molecule has 2 aromatic rings. The van der Waals surface area contributed by atoms with Gasteiger partial charge in [-0.25, -0.2) is 4.39 Å². The van der Waals surface area contributed by atoms with Crippen LogP contribution in [0.25, 0.3) is 0 Å². The Balaban J connectivity index is 2.12. The maximum atomic E-state index is 13.3. The summed E-state index contributed by atoms with van der Waals surface area (Å²) >= 11 is 5.61. The van der Waals surface area contributed by atoms with E-state index in [2.05, 4.69) is 0 Å². The lowest BCUT2D eigenvalue weighted by molar-refractivity contribution is 0.476. The Morgan fingerprint density at radius 1 is 1.16 bits per heavy atom. The van der Waals surface area contributed by atoms with E-state index >= 15 is 0 Å². The number of benzene rings is 2. The predicted octanol–water partition coefficient (Wildman–Crippen LogP) is 4.68. The molecule has 0 spiro atoms. The number of nitrogens with two attached hydrogens (primary N) is 1. The van der Waals surface area contributed by atoms with E-state index in [1.54, 1.807) is 6.07 Å². The topological polar surface area (TPSA) is 35.2 Å². The lowest BCUT2D eigenvalue weighted by Gasteiger charge is -2.10. The zero-order chi connectivity index (χ0) is 13.8. The van der Waals surface area contributed by atoms with E-state index in [1.807, 2.05) is 31.2 Å². The molecule has 0 aliphatic heterocycles. The summed E-state index contributed by atoms with van der Waals surface area (Å²) in [6.45, 7) is 2.03. The molecule has 0 heterocycles. The first kappa shape index (κ1) is 13.8. The van der Waals surface area contributed by atoms with Gasteiger partial charge in [-0.1, -0.05) is 30.7 Å². The maximum Gasteiger partial charge on any atom is 0.145 e. The van der Waals surface area contributed by atoms with Crippen molar-refractivity contribution >= 4 is 11.6 Å². The minimum atomic E-state index is -0.496. The van der Waals surface area contributed by atoms with E-state index < -0.39 is 5.82 Å². The Labute approximate surface area is 117 Å². The fourth-order valence-corrected chi connectivity index (χ4v) is 1.81. The lowest BCUT2D eigenvalue weighted by Crippen LogP contribution is -2.07. The van der Waals surface area contributed by atoms with E-state index in [4.69, 9.17) is 22.1 Å². The van der Waals surface area contributed by atoms with Crippen molar-refractivity contribution in [2.24, 2.45) is 5.73 Å². The zero-order valence-electron chi connectivity index (χ0n) is 10.6. The maximum absolute atomic E-state index is 13.3. The number of hydrogen-bond donors (Lipinski definition) is 1. The van der Waals surface area contributed by atoms with Crippen LogP contribution in [0.5, 0.6) is 11.5 Å². The van der Waals surface area contributed by atoms with Crippen molar-refractivity contribution in [2.45, 2.75) is 19.4 Å². The summed E-state index contributed by atoms with van der Waals surface area (Å²) in [6.07, 6.45) is 0.878. The molecule has 4 heteroatoms. The molecule has 2 rings (SSSR count). The number of rotatable bonds is 4. The molecule has 0 saturated carbocycles. The molecule has 0 aromatic heterocycles. The van der Waals surface area contributed by atoms with Gasteiger partial charge >= 0.3 is 0 Å². The molecular weight excluding hydrogens is 265 g/mol. The van der Waals surface area contributed by atoms with Crippen LogP contribution in [-0.2, 0) is 0 Å². The highest BCUT2D eigenvalue weighted by Gasteiger charge is 2.05. The third-order valence-corrected chi connectivity index (χ3v) is 3.18. The average Bonchev–Trinajstić information content (AvgIpc) is 2.43. The summed E-state index contributed by atoms with van der Waals surface area (Å²) in [5, 5.41) is 0.0802. The first-order valence-electron chi connectivity index (χ1n) is 6.08. The molecule has 100 valence electrons. The van der Waals surface area contributed by atoms with Gasteiger partial charge in [0.25, 0.3) is 0 Å². The SMILES string of the molecule is CC[C@H](N)c1ccc(Oc2ccc(Cl)c(F)c2)cc1. The minimum Gasteiger partial charge on any atom is -0.457 e. The molecule has 0 aliphatic rings. The summed E-state index contributed by atoms with van der Waals surface area (Å²) in [4.78, 5) is 0. The van der Waals surface area contributed by atoms with Crippen LogP contribution in [0, 0.1) is 5.82 Å².